The van der Waals surface area contributed by atoms with Crippen LogP contribution in [-0.4, -0.2) is 12.2 Å². The van der Waals surface area contributed by atoms with E-state index in [-0.39, 0.29) is 5.56 Å². The van der Waals surface area contributed by atoms with Gasteiger partial charge in [0.15, 0.2) is 0 Å². The lowest BCUT2D eigenvalue weighted by molar-refractivity contribution is -0.0783. The third kappa shape index (κ3) is 1.74. The summed E-state index contributed by atoms with van der Waals surface area (Å²) < 4.78 is 17.9. The van der Waals surface area contributed by atoms with Gasteiger partial charge in [0, 0.05) is 0 Å². The zero-order valence-electron chi connectivity index (χ0n) is 7.04. The largest absolute Gasteiger partial charge is 0.496 e. The molecule has 1 N–H and O–H groups in total. The summed E-state index contributed by atoms with van der Waals surface area (Å²) in [6, 6.07) is 6.45. The fourth-order valence-electron chi connectivity index (χ4n) is 1.02. The summed E-state index contributed by atoms with van der Waals surface area (Å²) >= 11 is 0. The molecule has 1 aromatic carbocycles. The molecule has 0 radical (unpaired) electrons. The summed E-state index contributed by atoms with van der Waals surface area (Å²) in [6.45, 7) is 1.07. The van der Waals surface area contributed by atoms with Crippen molar-refractivity contribution in [3.8, 4) is 5.75 Å². The van der Waals surface area contributed by atoms with Crippen LogP contribution in [0.5, 0.6) is 5.75 Å². The van der Waals surface area contributed by atoms with Crippen molar-refractivity contribution >= 4 is 0 Å². The van der Waals surface area contributed by atoms with Gasteiger partial charge in [-0.3, -0.25) is 0 Å². The quantitative estimate of drug-likeness (QED) is 0.733. The SMILES string of the molecule is COc1ccccc1C(C)(O)F. The van der Waals surface area contributed by atoms with Crippen molar-refractivity contribution in [3.05, 3.63) is 29.8 Å². The normalized spacial score (nSPS) is 15.3. The monoisotopic (exact) mass is 170 g/mol. The predicted molar refractivity (Wildman–Crippen MR) is 43.7 cm³/mol. The Bertz CT molecular complexity index is 265. The van der Waals surface area contributed by atoms with E-state index in [2.05, 4.69) is 0 Å². The second-order valence-electron chi connectivity index (χ2n) is 2.65. The van der Waals surface area contributed by atoms with E-state index < -0.39 is 5.85 Å². The van der Waals surface area contributed by atoms with Gasteiger partial charge in [0.1, 0.15) is 5.75 Å². The van der Waals surface area contributed by atoms with Gasteiger partial charge in [0.05, 0.1) is 12.7 Å². The van der Waals surface area contributed by atoms with Crippen molar-refractivity contribution in [2.75, 3.05) is 7.11 Å². The third-order valence-electron chi connectivity index (χ3n) is 1.60. The summed E-state index contributed by atoms with van der Waals surface area (Å²) in [5.74, 6) is -1.99. The van der Waals surface area contributed by atoms with Gasteiger partial charge >= 0.3 is 0 Å². The van der Waals surface area contributed by atoms with E-state index in [1.165, 1.54) is 13.2 Å². The summed E-state index contributed by atoms with van der Waals surface area (Å²) in [6.07, 6.45) is 0. The summed E-state index contributed by atoms with van der Waals surface area (Å²) in [7, 11) is 1.44. The van der Waals surface area contributed by atoms with Crippen LogP contribution in [0.15, 0.2) is 24.3 Å². The minimum absolute atomic E-state index is 0.146. The number of para-hydroxylation sites is 1. The average Bonchev–Trinajstić information content (AvgIpc) is 2.03. The first-order valence-electron chi connectivity index (χ1n) is 3.60. The number of halogens is 1. The molecule has 12 heavy (non-hydrogen) atoms. The predicted octanol–water partition coefficient (Wildman–Crippen LogP) is 1.83. The molecule has 0 aromatic heterocycles. The van der Waals surface area contributed by atoms with E-state index >= 15 is 0 Å². The highest BCUT2D eigenvalue weighted by Crippen LogP contribution is 2.30. The molecule has 1 aromatic rings. The molecule has 0 fully saturated rings. The second-order valence-corrected chi connectivity index (χ2v) is 2.65. The van der Waals surface area contributed by atoms with Gasteiger partial charge in [-0.15, -0.1) is 0 Å². The van der Waals surface area contributed by atoms with Crippen LogP contribution in [0.25, 0.3) is 0 Å². The van der Waals surface area contributed by atoms with Gasteiger partial charge in [-0.1, -0.05) is 12.1 Å². The molecule has 3 heteroatoms. The Kier molecular flexibility index (Phi) is 2.33. The molecule has 0 bridgehead atoms. The summed E-state index contributed by atoms with van der Waals surface area (Å²) in [4.78, 5) is 0. The Morgan fingerprint density at radius 3 is 2.42 bits per heavy atom. The molecule has 0 spiro atoms. The van der Waals surface area contributed by atoms with Crippen LogP contribution >= 0.6 is 0 Å². The smallest absolute Gasteiger partial charge is 0.233 e. The molecular formula is C9H11FO2. The fourth-order valence-corrected chi connectivity index (χ4v) is 1.02. The van der Waals surface area contributed by atoms with Crippen LogP contribution in [0.4, 0.5) is 4.39 Å². The maximum Gasteiger partial charge on any atom is 0.233 e. The van der Waals surface area contributed by atoms with Gasteiger partial charge in [-0.25, -0.2) is 4.39 Å². The molecule has 0 aliphatic heterocycles. The number of alkyl halides is 1. The number of benzene rings is 1. The lowest BCUT2D eigenvalue weighted by Crippen LogP contribution is -2.14. The van der Waals surface area contributed by atoms with E-state index in [1.54, 1.807) is 18.2 Å². The van der Waals surface area contributed by atoms with E-state index in [1.807, 2.05) is 0 Å². The Morgan fingerprint density at radius 1 is 1.42 bits per heavy atom. The maximum atomic E-state index is 13.0. The Labute approximate surface area is 70.6 Å². The van der Waals surface area contributed by atoms with Crippen molar-refractivity contribution in [1.82, 2.24) is 0 Å². The van der Waals surface area contributed by atoms with Gasteiger partial charge in [-0.05, 0) is 19.1 Å². The van der Waals surface area contributed by atoms with E-state index in [9.17, 15) is 4.39 Å². The molecule has 0 heterocycles. The van der Waals surface area contributed by atoms with Crippen molar-refractivity contribution < 1.29 is 14.2 Å². The zero-order valence-corrected chi connectivity index (χ0v) is 7.04. The maximum absolute atomic E-state index is 13.0. The molecule has 2 nitrogen and oxygen atoms in total. The summed E-state index contributed by atoms with van der Waals surface area (Å²) in [5.41, 5.74) is 0.146. The van der Waals surface area contributed by atoms with Crippen LogP contribution in [0, 0.1) is 0 Å². The first-order valence-corrected chi connectivity index (χ1v) is 3.60. The molecule has 0 amide bonds. The molecular weight excluding hydrogens is 159 g/mol. The highest BCUT2D eigenvalue weighted by Gasteiger charge is 2.24. The number of rotatable bonds is 2. The lowest BCUT2D eigenvalue weighted by Gasteiger charge is -2.16. The molecule has 1 atom stereocenters. The van der Waals surface area contributed by atoms with E-state index in [0.29, 0.717) is 5.75 Å². The van der Waals surface area contributed by atoms with Crippen molar-refractivity contribution in [1.29, 1.82) is 0 Å². The number of ether oxygens (including phenoxy) is 1. The molecule has 1 unspecified atom stereocenters. The van der Waals surface area contributed by atoms with Gasteiger partial charge in [0.25, 0.3) is 0 Å². The minimum atomic E-state index is -2.34. The fraction of sp³-hybridized carbons (Fsp3) is 0.333. The Morgan fingerprint density at radius 2 is 2.00 bits per heavy atom. The van der Waals surface area contributed by atoms with Crippen molar-refractivity contribution in [2.24, 2.45) is 0 Å². The Balaban J connectivity index is 3.14. The molecule has 1 rings (SSSR count). The minimum Gasteiger partial charge on any atom is -0.496 e. The first-order chi connectivity index (χ1) is 5.55. The van der Waals surface area contributed by atoms with Crippen LogP contribution in [-0.2, 0) is 5.85 Å². The van der Waals surface area contributed by atoms with Crippen LogP contribution < -0.4 is 4.74 Å². The molecule has 0 aliphatic carbocycles. The zero-order chi connectivity index (χ0) is 9.19. The van der Waals surface area contributed by atoms with Crippen LogP contribution in [0.2, 0.25) is 0 Å². The number of hydrogen-bond donors (Lipinski definition) is 1. The van der Waals surface area contributed by atoms with E-state index in [0.717, 1.165) is 6.92 Å². The second kappa shape index (κ2) is 3.11. The lowest BCUT2D eigenvalue weighted by atomic mass is 10.1. The van der Waals surface area contributed by atoms with Crippen LogP contribution in [0.1, 0.15) is 12.5 Å². The Hall–Kier alpha value is -1.09. The highest BCUT2D eigenvalue weighted by atomic mass is 19.2. The molecule has 0 saturated heterocycles. The topological polar surface area (TPSA) is 29.5 Å². The highest BCUT2D eigenvalue weighted by molar-refractivity contribution is 5.35. The van der Waals surface area contributed by atoms with Gasteiger partial charge in [0.2, 0.25) is 5.85 Å². The van der Waals surface area contributed by atoms with Crippen molar-refractivity contribution in [3.63, 3.8) is 0 Å². The summed E-state index contributed by atoms with van der Waals surface area (Å²) in [5, 5.41) is 9.05. The number of hydrogen-bond acceptors (Lipinski definition) is 2. The van der Waals surface area contributed by atoms with Crippen molar-refractivity contribution in [2.45, 2.75) is 12.8 Å². The van der Waals surface area contributed by atoms with E-state index in [4.69, 9.17) is 9.84 Å². The van der Waals surface area contributed by atoms with Gasteiger partial charge in [-0.2, -0.15) is 0 Å². The average molecular weight is 170 g/mol. The van der Waals surface area contributed by atoms with Gasteiger partial charge < -0.3 is 9.84 Å². The molecule has 0 saturated carbocycles. The standard InChI is InChI=1S/C9H11FO2/c1-9(10,11)7-5-3-4-6-8(7)12-2/h3-6,11H,1-2H3. The molecule has 66 valence electrons. The van der Waals surface area contributed by atoms with Crippen LogP contribution in [0.3, 0.4) is 0 Å². The first kappa shape index (κ1) is 9.00. The number of aliphatic hydroxyl groups is 1. The third-order valence-corrected chi connectivity index (χ3v) is 1.60. The number of methoxy groups -OCH3 is 1. The molecule has 0 aliphatic rings.